The van der Waals surface area contributed by atoms with Crippen LogP contribution in [-0.2, 0) is 0 Å². The zero-order valence-electron chi connectivity index (χ0n) is 6.84. The van der Waals surface area contributed by atoms with Gasteiger partial charge in [0.2, 0.25) is 0 Å². The predicted molar refractivity (Wildman–Crippen MR) is 43.8 cm³/mol. The van der Waals surface area contributed by atoms with Gasteiger partial charge in [-0.1, -0.05) is 0 Å². The second kappa shape index (κ2) is 2.96. The Kier molecular flexibility index (Phi) is 1.92. The van der Waals surface area contributed by atoms with Crippen LogP contribution in [0.25, 0.3) is 0 Å². The van der Waals surface area contributed by atoms with Crippen LogP contribution in [0.1, 0.15) is 23.6 Å². The molecule has 1 heterocycles. The first-order valence-corrected chi connectivity index (χ1v) is 3.99. The standard InChI is InChI=1S/C9H9F2NO/c10-9(11)5-1-2-8-6(3-5)7(12)4-13-8/h1-3,7,9H,4,12H2. The van der Waals surface area contributed by atoms with E-state index in [-0.39, 0.29) is 11.6 Å². The summed E-state index contributed by atoms with van der Waals surface area (Å²) in [6, 6.07) is 4.05. The van der Waals surface area contributed by atoms with Gasteiger partial charge in [-0.25, -0.2) is 8.78 Å². The molecule has 1 aliphatic heterocycles. The van der Waals surface area contributed by atoms with Gasteiger partial charge in [0, 0.05) is 11.1 Å². The Morgan fingerprint density at radius 3 is 2.92 bits per heavy atom. The van der Waals surface area contributed by atoms with Gasteiger partial charge in [-0.3, -0.25) is 0 Å². The summed E-state index contributed by atoms with van der Waals surface area (Å²) in [5, 5.41) is 0. The average Bonchev–Trinajstić information content (AvgIpc) is 2.47. The van der Waals surface area contributed by atoms with Crippen LogP contribution in [-0.4, -0.2) is 6.61 Å². The van der Waals surface area contributed by atoms with E-state index in [9.17, 15) is 8.78 Å². The zero-order chi connectivity index (χ0) is 9.42. The van der Waals surface area contributed by atoms with E-state index < -0.39 is 6.43 Å². The molecule has 0 bridgehead atoms. The smallest absolute Gasteiger partial charge is 0.263 e. The Balaban J connectivity index is 2.42. The van der Waals surface area contributed by atoms with Crippen molar-refractivity contribution in [2.45, 2.75) is 12.5 Å². The minimum atomic E-state index is -2.45. The molecule has 4 heteroatoms. The van der Waals surface area contributed by atoms with E-state index >= 15 is 0 Å². The maximum Gasteiger partial charge on any atom is 0.263 e. The van der Waals surface area contributed by atoms with Crippen molar-refractivity contribution in [1.82, 2.24) is 0 Å². The lowest BCUT2D eigenvalue weighted by molar-refractivity contribution is 0.151. The second-order valence-electron chi connectivity index (χ2n) is 3.02. The maximum atomic E-state index is 12.3. The molecule has 0 saturated heterocycles. The average molecular weight is 185 g/mol. The fourth-order valence-corrected chi connectivity index (χ4v) is 1.39. The summed E-state index contributed by atoms with van der Waals surface area (Å²) >= 11 is 0. The third-order valence-electron chi connectivity index (χ3n) is 2.10. The Morgan fingerprint density at radius 2 is 2.23 bits per heavy atom. The van der Waals surface area contributed by atoms with E-state index in [1.807, 2.05) is 0 Å². The van der Waals surface area contributed by atoms with E-state index in [0.717, 1.165) is 0 Å². The highest BCUT2D eigenvalue weighted by atomic mass is 19.3. The first kappa shape index (κ1) is 8.44. The molecule has 2 N–H and O–H groups in total. The van der Waals surface area contributed by atoms with Gasteiger partial charge in [0.25, 0.3) is 6.43 Å². The van der Waals surface area contributed by atoms with Crippen LogP contribution < -0.4 is 10.5 Å². The van der Waals surface area contributed by atoms with E-state index in [0.29, 0.717) is 17.9 Å². The first-order valence-electron chi connectivity index (χ1n) is 3.99. The topological polar surface area (TPSA) is 35.2 Å². The van der Waals surface area contributed by atoms with E-state index in [2.05, 4.69) is 0 Å². The van der Waals surface area contributed by atoms with E-state index in [4.69, 9.17) is 10.5 Å². The van der Waals surface area contributed by atoms with Crippen molar-refractivity contribution in [3.63, 3.8) is 0 Å². The molecule has 1 aromatic carbocycles. The Hall–Kier alpha value is -1.16. The van der Waals surface area contributed by atoms with E-state index in [1.165, 1.54) is 12.1 Å². The second-order valence-corrected chi connectivity index (χ2v) is 3.02. The number of alkyl halides is 2. The maximum absolute atomic E-state index is 12.3. The number of fused-ring (bicyclic) bond motifs is 1. The predicted octanol–water partition coefficient (Wildman–Crippen LogP) is 2.02. The van der Waals surface area contributed by atoms with Crippen LogP contribution >= 0.6 is 0 Å². The number of hydrogen-bond donors (Lipinski definition) is 1. The zero-order valence-corrected chi connectivity index (χ0v) is 6.84. The van der Waals surface area contributed by atoms with Gasteiger partial charge in [-0.15, -0.1) is 0 Å². The number of rotatable bonds is 1. The largest absolute Gasteiger partial charge is 0.491 e. The van der Waals surface area contributed by atoms with Crippen LogP contribution in [0, 0.1) is 0 Å². The summed E-state index contributed by atoms with van der Waals surface area (Å²) in [5.74, 6) is 0.622. The lowest BCUT2D eigenvalue weighted by Gasteiger charge is -2.03. The molecule has 1 aliphatic rings. The van der Waals surface area contributed by atoms with Crippen LogP contribution in [0.3, 0.4) is 0 Å². The van der Waals surface area contributed by atoms with Crippen molar-refractivity contribution < 1.29 is 13.5 Å². The molecule has 0 fully saturated rings. The van der Waals surface area contributed by atoms with Gasteiger partial charge in [0.05, 0.1) is 6.04 Å². The minimum Gasteiger partial charge on any atom is -0.491 e. The summed E-state index contributed by atoms with van der Waals surface area (Å²) in [7, 11) is 0. The number of halogens is 2. The molecule has 2 nitrogen and oxygen atoms in total. The molecule has 1 atom stereocenters. The summed E-state index contributed by atoms with van der Waals surface area (Å²) in [4.78, 5) is 0. The molecule has 0 radical (unpaired) electrons. The Bertz CT molecular complexity index is 327. The van der Waals surface area contributed by atoms with Crippen LogP contribution in [0.5, 0.6) is 5.75 Å². The van der Waals surface area contributed by atoms with Gasteiger partial charge in [-0.05, 0) is 18.2 Å². The number of hydrogen-bond acceptors (Lipinski definition) is 2. The Labute approximate surface area is 74.3 Å². The molecule has 70 valence electrons. The lowest BCUT2D eigenvalue weighted by atomic mass is 10.1. The third-order valence-corrected chi connectivity index (χ3v) is 2.10. The summed E-state index contributed by atoms with van der Waals surface area (Å²) in [5.41, 5.74) is 6.32. The van der Waals surface area contributed by atoms with E-state index in [1.54, 1.807) is 6.07 Å². The molecule has 1 unspecified atom stereocenters. The summed E-state index contributed by atoms with van der Waals surface area (Å²) in [6.07, 6.45) is -2.45. The molecule has 0 saturated carbocycles. The normalized spacial score (nSPS) is 20.2. The monoisotopic (exact) mass is 185 g/mol. The quantitative estimate of drug-likeness (QED) is 0.726. The molecular weight excluding hydrogens is 176 g/mol. The SMILES string of the molecule is NC1COc2ccc(C(F)F)cc21. The molecule has 0 spiro atoms. The van der Waals surface area contributed by atoms with Crippen molar-refractivity contribution in [1.29, 1.82) is 0 Å². The van der Waals surface area contributed by atoms with Crippen molar-refractivity contribution in [3.8, 4) is 5.75 Å². The summed E-state index contributed by atoms with van der Waals surface area (Å²) < 4.78 is 29.7. The van der Waals surface area contributed by atoms with Gasteiger partial charge in [0.1, 0.15) is 12.4 Å². The fourth-order valence-electron chi connectivity index (χ4n) is 1.39. The molecule has 0 aromatic heterocycles. The van der Waals surface area contributed by atoms with Crippen molar-refractivity contribution in [2.24, 2.45) is 5.73 Å². The molecular formula is C9H9F2NO. The van der Waals surface area contributed by atoms with Crippen LogP contribution in [0.2, 0.25) is 0 Å². The summed E-state index contributed by atoms with van der Waals surface area (Å²) in [6.45, 7) is 0.377. The van der Waals surface area contributed by atoms with Crippen molar-refractivity contribution in [2.75, 3.05) is 6.61 Å². The number of ether oxygens (including phenoxy) is 1. The number of benzene rings is 1. The molecule has 1 aromatic rings. The van der Waals surface area contributed by atoms with Gasteiger partial charge in [-0.2, -0.15) is 0 Å². The minimum absolute atomic E-state index is 0.000278. The first-order chi connectivity index (χ1) is 6.18. The van der Waals surface area contributed by atoms with Crippen LogP contribution in [0.4, 0.5) is 8.78 Å². The molecule has 0 aliphatic carbocycles. The highest BCUT2D eigenvalue weighted by Gasteiger charge is 2.22. The highest BCUT2D eigenvalue weighted by Crippen LogP contribution is 2.33. The molecule has 0 amide bonds. The number of nitrogens with two attached hydrogens (primary N) is 1. The van der Waals surface area contributed by atoms with Gasteiger partial charge < -0.3 is 10.5 Å². The van der Waals surface area contributed by atoms with Gasteiger partial charge >= 0.3 is 0 Å². The van der Waals surface area contributed by atoms with Crippen LogP contribution in [0.15, 0.2) is 18.2 Å². The van der Waals surface area contributed by atoms with Crippen molar-refractivity contribution in [3.05, 3.63) is 29.3 Å². The lowest BCUT2D eigenvalue weighted by Crippen LogP contribution is -2.10. The third kappa shape index (κ3) is 1.37. The van der Waals surface area contributed by atoms with Crippen molar-refractivity contribution >= 4 is 0 Å². The van der Waals surface area contributed by atoms with Gasteiger partial charge in [0.15, 0.2) is 0 Å². The highest BCUT2D eigenvalue weighted by molar-refractivity contribution is 5.42. The molecule has 13 heavy (non-hydrogen) atoms. The fraction of sp³-hybridized carbons (Fsp3) is 0.333. The Morgan fingerprint density at radius 1 is 1.46 bits per heavy atom. The molecule has 2 rings (SSSR count).